The third-order valence-electron chi connectivity index (χ3n) is 1.64. The maximum Gasteiger partial charge on any atom is 0.172 e. The summed E-state index contributed by atoms with van der Waals surface area (Å²) in [5.74, 6) is 0. The molecule has 0 N–H and O–H groups in total. The molecule has 0 saturated carbocycles. The highest BCUT2D eigenvalue weighted by atomic mass is 16.1. The quantitative estimate of drug-likeness (QED) is 0.582. The second-order valence-corrected chi connectivity index (χ2v) is 2.61. The number of imidazole rings is 1. The first-order valence-corrected chi connectivity index (χ1v) is 3.56. The summed E-state index contributed by atoms with van der Waals surface area (Å²) in [4.78, 5) is 18.4. The van der Waals surface area contributed by atoms with Crippen molar-refractivity contribution in [2.45, 2.75) is 6.92 Å². The molecule has 0 amide bonds. The molecule has 2 rings (SSSR count). The molecule has 4 heteroatoms. The van der Waals surface area contributed by atoms with Gasteiger partial charge in [0.25, 0.3) is 0 Å². The van der Waals surface area contributed by atoms with Crippen LogP contribution in [0.1, 0.15) is 16.1 Å². The lowest BCUT2D eigenvalue weighted by atomic mass is 10.4. The second kappa shape index (κ2) is 2.41. The highest BCUT2D eigenvalue weighted by Gasteiger charge is 2.02. The van der Waals surface area contributed by atoms with Gasteiger partial charge in [0.15, 0.2) is 11.9 Å². The van der Waals surface area contributed by atoms with Crippen molar-refractivity contribution in [2.24, 2.45) is 0 Å². The molecular weight excluding hydrogens is 154 g/mol. The molecule has 0 aliphatic heterocycles. The van der Waals surface area contributed by atoms with Gasteiger partial charge in [0.05, 0.1) is 0 Å². The summed E-state index contributed by atoms with van der Waals surface area (Å²) in [6, 6.07) is 0. The highest BCUT2D eigenvalue weighted by Crippen LogP contribution is 2.04. The maximum atomic E-state index is 10.5. The lowest BCUT2D eigenvalue weighted by molar-refractivity contribution is 0.112. The van der Waals surface area contributed by atoms with E-state index in [1.807, 2.05) is 13.1 Å². The zero-order valence-electron chi connectivity index (χ0n) is 6.56. The van der Waals surface area contributed by atoms with Gasteiger partial charge < -0.3 is 0 Å². The molecule has 2 aromatic rings. The van der Waals surface area contributed by atoms with E-state index in [0.29, 0.717) is 17.6 Å². The molecule has 2 heterocycles. The van der Waals surface area contributed by atoms with Gasteiger partial charge in [-0.1, -0.05) is 0 Å². The monoisotopic (exact) mass is 161 g/mol. The van der Waals surface area contributed by atoms with E-state index in [2.05, 4.69) is 9.97 Å². The van der Waals surface area contributed by atoms with E-state index in [1.54, 1.807) is 16.9 Å². The number of hydrogen-bond donors (Lipinski definition) is 0. The standard InChI is InChI=1S/C8H7N3O/c1-6-2-9-8-7(4-12)10-5-11(8)3-6/h2-5H,1H3. The fourth-order valence-electron chi connectivity index (χ4n) is 1.10. The van der Waals surface area contributed by atoms with Crippen LogP contribution < -0.4 is 0 Å². The Balaban J connectivity index is 2.81. The predicted molar refractivity (Wildman–Crippen MR) is 43.1 cm³/mol. The zero-order chi connectivity index (χ0) is 8.55. The fraction of sp³-hybridized carbons (Fsp3) is 0.125. The molecular formula is C8H7N3O. The lowest BCUT2D eigenvalue weighted by Crippen LogP contribution is -1.89. The van der Waals surface area contributed by atoms with Crippen molar-refractivity contribution in [2.75, 3.05) is 0 Å². The fourth-order valence-corrected chi connectivity index (χ4v) is 1.10. The maximum absolute atomic E-state index is 10.5. The third-order valence-corrected chi connectivity index (χ3v) is 1.64. The molecule has 0 aliphatic carbocycles. The Kier molecular flexibility index (Phi) is 1.40. The van der Waals surface area contributed by atoms with E-state index in [-0.39, 0.29) is 0 Å². The molecule has 0 saturated heterocycles. The van der Waals surface area contributed by atoms with Gasteiger partial charge in [0.1, 0.15) is 12.0 Å². The molecule has 0 spiro atoms. The summed E-state index contributed by atoms with van der Waals surface area (Å²) in [7, 11) is 0. The highest BCUT2D eigenvalue weighted by molar-refractivity contribution is 5.81. The number of nitrogens with zero attached hydrogens (tertiary/aromatic N) is 3. The average molecular weight is 161 g/mol. The van der Waals surface area contributed by atoms with Crippen LogP contribution in [0.25, 0.3) is 5.65 Å². The largest absolute Gasteiger partial charge is 0.296 e. The van der Waals surface area contributed by atoms with Gasteiger partial charge in [0, 0.05) is 12.4 Å². The van der Waals surface area contributed by atoms with Crippen molar-refractivity contribution in [3.05, 3.63) is 30.0 Å². The number of hydrogen-bond acceptors (Lipinski definition) is 3. The minimum absolute atomic E-state index is 0.384. The van der Waals surface area contributed by atoms with Crippen LogP contribution in [-0.2, 0) is 0 Å². The molecule has 0 unspecified atom stereocenters. The number of fused-ring (bicyclic) bond motifs is 1. The molecule has 0 radical (unpaired) electrons. The minimum atomic E-state index is 0.384. The van der Waals surface area contributed by atoms with Crippen molar-refractivity contribution in [3.63, 3.8) is 0 Å². The van der Waals surface area contributed by atoms with Crippen LogP contribution in [0.5, 0.6) is 0 Å². The smallest absolute Gasteiger partial charge is 0.172 e. The van der Waals surface area contributed by atoms with Gasteiger partial charge in [-0.05, 0) is 12.5 Å². The molecule has 60 valence electrons. The molecule has 0 aromatic carbocycles. The Morgan fingerprint density at radius 2 is 2.33 bits per heavy atom. The van der Waals surface area contributed by atoms with E-state index in [9.17, 15) is 4.79 Å². The summed E-state index contributed by atoms with van der Waals surface area (Å²) in [6.07, 6.45) is 5.88. The van der Waals surface area contributed by atoms with E-state index >= 15 is 0 Å². The van der Waals surface area contributed by atoms with Crippen LogP contribution in [0.4, 0.5) is 0 Å². The topological polar surface area (TPSA) is 47.3 Å². The molecule has 0 atom stereocenters. The number of rotatable bonds is 1. The van der Waals surface area contributed by atoms with E-state index in [0.717, 1.165) is 5.56 Å². The average Bonchev–Trinajstić information content (AvgIpc) is 2.46. The van der Waals surface area contributed by atoms with Crippen molar-refractivity contribution >= 4 is 11.9 Å². The van der Waals surface area contributed by atoms with Crippen molar-refractivity contribution in [1.29, 1.82) is 0 Å². The van der Waals surface area contributed by atoms with Gasteiger partial charge in [-0.3, -0.25) is 9.20 Å². The first-order valence-electron chi connectivity index (χ1n) is 3.56. The lowest BCUT2D eigenvalue weighted by Gasteiger charge is -1.93. The van der Waals surface area contributed by atoms with Crippen LogP contribution >= 0.6 is 0 Å². The molecule has 0 bridgehead atoms. The summed E-state index contributed by atoms with van der Waals surface area (Å²) < 4.78 is 1.74. The van der Waals surface area contributed by atoms with Crippen molar-refractivity contribution in [3.8, 4) is 0 Å². The number of carbonyl (C=O) groups excluding carboxylic acids is 1. The third kappa shape index (κ3) is 0.887. The van der Waals surface area contributed by atoms with Crippen molar-refractivity contribution in [1.82, 2.24) is 14.4 Å². The summed E-state index contributed by atoms with van der Waals surface area (Å²) >= 11 is 0. The van der Waals surface area contributed by atoms with E-state index < -0.39 is 0 Å². The van der Waals surface area contributed by atoms with Gasteiger partial charge in [-0.2, -0.15) is 0 Å². The Hall–Kier alpha value is -1.71. The minimum Gasteiger partial charge on any atom is -0.296 e. The molecule has 2 aromatic heterocycles. The Morgan fingerprint density at radius 3 is 3.08 bits per heavy atom. The normalized spacial score (nSPS) is 10.4. The number of aldehydes is 1. The Bertz CT molecular complexity index is 433. The van der Waals surface area contributed by atoms with E-state index in [4.69, 9.17) is 0 Å². The van der Waals surface area contributed by atoms with Gasteiger partial charge in [0.2, 0.25) is 0 Å². The van der Waals surface area contributed by atoms with E-state index in [1.165, 1.54) is 0 Å². The van der Waals surface area contributed by atoms with Crippen LogP contribution in [0.3, 0.4) is 0 Å². The van der Waals surface area contributed by atoms with Crippen molar-refractivity contribution < 1.29 is 4.79 Å². The second-order valence-electron chi connectivity index (χ2n) is 2.61. The van der Waals surface area contributed by atoms with Crippen LogP contribution in [0, 0.1) is 6.92 Å². The molecule has 4 nitrogen and oxygen atoms in total. The van der Waals surface area contributed by atoms with Crippen LogP contribution in [0.15, 0.2) is 18.7 Å². The zero-order valence-corrected chi connectivity index (χ0v) is 6.56. The number of aryl methyl sites for hydroxylation is 1. The van der Waals surface area contributed by atoms with Gasteiger partial charge >= 0.3 is 0 Å². The number of carbonyl (C=O) groups is 1. The SMILES string of the molecule is Cc1cnc2c(C=O)ncn2c1. The molecule has 0 fully saturated rings. The molecule has 12 heavy (non-hydrogen) atoms. The summed E-state index contributed by atoms with van der Waals surface area (Å²) in [5.41, 5.74) is 2.03. The van der Waals surface area contributed by atoms with Crippen LogP contribution in [0.2, 0.25) is 0 Å². The molecule has 0 aliphatic rings. The summed E-state index contributed by atoms with van der Waals surface area (Å²) in [6.45, 7) is 1.94. The number of aromatic nitrogens is 3. The van der Waals surface area contributed by atoms with Gasteiger partial charge in [-0.15, -0.1) is 0 Å². The Labute approximate surface area is 68.9 Å². The van der Waals surface area contributed by atoms with Crippen LogP contribution in [-0.4, -0.2) is 20.7 Å². The first-order chi connectivity index (χ1) is 5.81. The van der Waals surface area contributed by atoms with Gasteiger partial charge in [-0.25, -0.2) is 9.97 Å². The summed E-state index contributed by atoms with van der Waals surface area (Å²) in [5, 5.41) is 0. The Morgan fingerprint density at radius 1 is 1.50 bits per heavy atom. The predicted octanol–water partition coefficient (Wildman–Crippen LogP) is 0.850. The first kappa shape index (κ1) is 6.97.